The Morgan fingerprint density at radius 3 is 2.52 bits per heavy atom. The highest BCUT2D eigenvalue weighted by Crippen LogP contribution is 2.32. The fraction of sp³-hybridized carbons (Fsp3) is 0.206. The first-order valence-electron chi connectivity index (χ1n) is 15.0. The number of nitro benzene ring substituents is 1. The number of fused-ring (bicyclic) bond motifs is 2. The Morgan fingerprint density at radius 1 is 1.10 bits per heavy atom. The van der Waals surface area contributed by atoms with E-state index in [9.17, 15) is 28.1 Å². The van der Waals surface area contributed by atoms with Crippen LogP contribution in [-0.4, -0.2) is 40.6 Å². The number of carbonyl (C=O) groups is 1. The van der Waals surface area contributed by atoms with E-state index in [2.05, 4.69) is 4.99 Å². The molecule has 0 radical (unpaired) electrons. The lowest BCUT2D eigenvalue weighted by molar-refractivity contribution is -0.385. The van der Waals surface area contributed by atoms with Gasteiger partial charge >= 0.3 is 5.97 Å². The Kier molecular flexibility index (Phi) is 8.62. The molecule has 1 aliphatic rings. The summed E-state index contributed by atoms with van der Waals surface area (Å²) in [6, 6.07) is 17.9. The van der Waals surface area contributed by atoms with Gasteiger partial charge in [-0.1, -0.05) is 47.7 Å². The minimum Gasteiger partial charge on any atom is -0.491 e. The van der Waals surface area contributed by atoms with Gasteiger partial charge in [0.1, 0.15) is 5.75 Å². The summed E-state index contributed by atoms with van der Waals surface area (Å²) in [6.07, 6.45) is 2.93. The van der Waals surface area contributed by atoms with E-state index >= 15 is 0 Å². The number of hydrogen-bond acceptors (Lipinski definition) is 10. The molecule has 0 saturated carbocycles. The zero-order valence-electron chi connectivity index (χ0n) is 26.3. The number of benzene rings is 3. The molecule has 0 amide bonds. The SMILES string of the molecule is CCOC(=O)C1=C(C)N=c2s/c(=C\c3cn(S(=O)(=O)c4cccc([N+](=O)[O-])c4)c4ccccc34)c(=O)n2[C@@H]1c1ccc(OC(C)C)cc1. The molecule has 3 aromatic carbocycles. The van der Waals surface area contributed by atoms with Crippen LogP contribution in [0.5, 0.6) is 5.75 Å². The van der Waals surface area contributed by atoms with Crippen molar-refractivity contribution in [1.82, 2.24) is 8.54 Å². The minimum absolute atomic E-state index is 0.0436. The second-order valence-electron chi connectivity index (χ2n) is 11.2. The molecule has 0 fully saturated rings. The average molecular weight is 687 g/mol. The molecule has 0 unspecified atom stereocenters. The molecular weight excluding hydrogens is 657 g/mol. The van der Waals surface area contributed by atoms with Crippen LogP contribution in [0.2, 0.25) is 0 Å². The van der Waals surface area contributed by atoms with Gasteiger partial charge < -0.3 is 9.47 Å². The summed E-state index contributed by atoms with van der Waals surface area (Å²) in [4.78, 5) is 42.9. The third kappa shape index (κ3) is 5.84. The number of allylic oxidation sites excluding steroid dienone is 1. The van der Waals surface area contributed by atoms with E-state index in [-0.39, 0.29) is 33.4 Å². The fourth-order valence-corrected chi connectivity index (χ4v) is 8.06. The summed E-state index contributed by atoms with van der Waals surface area (Å²) in [7, 11) is -4.27. The molecule has 0 saturated heterocycles. The molecule has 5 aromatic rings. The van der Waals surface area contributed by atoms with Gasteiger partial charge in [0, 0.05) is 29.3 Å². The maximum Gasteiger partial charge on any atom is 0.338 e. The number of ether oxygens (including phenoxy) is 2. The van der Waals surface area contributed by atoms with Crippen LogP contribution in [0.1, 0.15) is 44.9 Å². The molecule has 0 aliphatic carbocycles. The summed E-state index contributed by atoms with van der Waals surface area (Å²) < 4.78 is 41.5. The summed E-state index contributed by atoms with van der Waals surface area (Å²) in [6.45, 7) is 7.36. The van der Waals surface area contributed by atoms with Gasteiger partial charge in [-0.2, -0.15) is 0 Å². The van der Waals surface area contributed by atoms with Crippen molar-refractivity contribution in [2.75, 3.05) is 6.61 Å². The molecule has 0 N–H and O–H groups in total. The molecule has 14 heteroatoms. The fourth-order valence-electron chi connectivity index (χ4n) is 5.61. The van der Waals surface area contributed by atoms with Crippen molar-refractivity contribution < 1.29 is 27.6 Å². The smallest absolute Gasteiger partial charge is 0.338 e. The monoisotopic (exact) mass is 686 g/mol. The van der Waals surface area contributed by atoms with Gasteiger partial charge in [-0.3, -0.25) is 19.5 Å². The molecule has 0 bridgehead atoms. The van der Waals surface area contributed by atoms with Crippen LogP contribution in [0.3, 0.4) is 0 Å². The normalized spacial score (nSPS) is 15.0. The Labute approximate surface area is 278 Å². The highest BCUT2D eigenvalue weighted by atomic mass is 32.2. The maximum atomic E-state index is 14.2. The molecule has 12 nitrogen and oxygen atoms in total. The molecule has 0 spiro atoms. The number of aromatic nitrogens is 2. The van der Waals surface area contributed by atoms with Gasteiger partial charge in [0.05, 0.1) is 49.9 Å². The third-order valence-electron chi connectivity index (χ3n) is 7.67. The number of esters is 1. The highest BCUT2D eigenvalue weighted by molar-refractivity contribution is 7.90. The first-order valence-corrected chi connectivity index (χ1v) is 17.2. The van der Waals surface area contributed by atoms with E-state index in [0.717, 1.165) is 21.4 Å². The first kappa shape index (κ1) is 32.6. The number of hydrogen-bond donors (Lipinski definition) is 0. The van der Waals surface area contributed by atoms with Gasteiger partial charge in [0.15, 0.2) is 4.80 Å². The number of nitrogens with zero attached hydrogens (tertiary/aromatic N) is 4. The lowest BCUT2D eigenvalue weighted by Crippen LogP contribution is -2.39. The van der Waals surface area contributed by atoms with Gasteiger partial charge in [-0.15, -0.1) is 0 Å². The molecule has 1 atom stereocenters. The van der Waals surface area contributed by atoms with Crippen LogP contribution in [0.4, 0.5) is 5.69 Å². The van der Waals surface area contributed by atoms with Crippen molar-refractivity contribution in [3.05, 3.63) is 131 Å². The average Bonchev–Trinajstić information content (AvgIpc) is 3.58. The number of rotatable bonds is 9. The summed E-state index contributed by atoms with van der Waals surface area (Å²) >= 11 is 1.11. The quantitative estimate of drug-likeness (QED) is 0.123. The predicted octanol–water partition coefficient (Wildman–Crippen LogP) is 4.69. The topological polar surface area (TPSA) is 152 Å². The van der Waals surface area contributed by atoms with Crippen molar-refractivity contribution in [2.45, 2.75) is 44.7 Å². The lowest BCUT2D eigenvalue weighted by Gasteiger charge is -2.25. The lowest BCUT2D eigenvalue weighted by atomic mass is 9.96. The van der Waals surface area contributed by atoms with E-state index in [4.69, 9.17) is 9.47 Å². The Hall–Kier alpha value is -5.34. The maximum absolute atomic E-state index is 14.2. The molecule has 3 heterocycles. The second-order valence-corrected chi connectivity index (χ2v) is 14.0. The highest BCUT2D eigenvalue weighted by Gasteiger charge is 2.33. The van der Waals surface area contributed by atoms with Gasteiger partial charge in [-0.25, -0.2) is 22.2 Å². The van der Waals surface area contributed by atoms with E-state index in [1.807, 2.05) is 13.8 Å². The Balaban J connectivity index is 1.52. The molecule has 6 rings (SSSR count). The van der Waals surface area contributed by atoms with Crippen LogP contribution in [-0.2, 0) is 19.6 Å². The Morgan fingerprint density at radius 2 is 1.83 bits per heavy atom. The first-order chi connectivity index (χ1) is 22.9. The molecule has 246 valence electrons. The van der Waals surface area contributed by atoms with Gasteiger partial charge in [-0.05, 0) is 63.6 Å². The number of non-ortho nitro benzene ring substituents is 1. The van der Waals surface area contributed by atoms with E-state index < -0.39 is 32.5 Å². The summed E-state index contributed by atoms with van der Waals surface area (Å²) in [5.74, 6) is 0.0472. The summed E-state index contributed by atoms with van der Waals surface area (Å²) in [5.41, 5.74) is 1.25. The second kappa shape index (κ2) is 12.7. The standard InChI is InChI=1S/C34H30N4O8S2/c1-5-45-33(40)30-21(4)35-34-37(31(30)22-13-15-25(16-14-22)46-20(2)3)32(39)29(47-34)17-23-19-36(28-12-7-6-11-27(23)28)48(43,44)26-10-8-9-24(18-26)38(41)42/h6-20,31H,5H2,1-4H3/b29-17-/t31-/m1/s1. The predicted molar refractivity (Wildman–Crippen MR) is 180 cm³/mol. The number of carbonyl (C=O) groups excluding carboxylic acids is 1. The van der Waals surface area contributed by atoms with Crippen LogP contribution in [0, 0.1) is 10.1 Å². The molecule has 1 aliphatic heterocycles. The van der Waals surface area contributed by atoms with Crippen molar-refractivity contribution in [3.63, 3.8) is 0 Å². The molecular formula is C34H30N4O8S2. The third-order valence-corrected chi connectivity index (χ3v) is 10.3. The number of para-hydroxylation sites is 1. The minimum atomic E-state index is -4.27. The van der Waals surface area contributed by atoms with E-state index in [1.54, 1.807) is 68.5 Å². The largest absolute Gasteiger partial charge is 0.491 e. The van der Waals surface area contributed by atoms with Crippen molar-refractivity contribution in [1.29, 1.82) is 0 Å². The van der Waals surface area contributed by atoms with Gasteiger partial charge in [0.25, 0.3) is 21.3 Å². The molecule has 48 heavy (non-hydrogen) atoms. The zero-order chi connectivity index (χ0) is 34.3. The van der Waals surface area contributed by atoms with Crippen molar-refractivity contribution in [3.8, 4) is 5.75 Å². The van der Waals surface area contributed by atoms with Crippen LogP contribution >= 0.6 is 11.3 Å². The summed E-state index contributed by atoms with van der Waals surface area (Å²) in [5, 5.41) is 11.9. The molecule has 2 aromatic heterocycles. The number of nitro groups is 1. The number of thiazole rings is 1. The Bertz CT molecular complexity index is 2420. The van der Waals surface area contributed by atoms with Gasteiger partial charge in [0.2, 0.25) is 0 Å². The zero-order valence-corrected chi connectivity index (χ0v) is 27.9. The van der Waals surface area contributed by atoms with Crippen molar-refractivity contribution in [2.24, 2.45) is 4.99 Å². The van der Waals surface area contributed by atoms with Crippen molar-refractivity contribution >= 4 is 50.0 Å². The van der Waals surface area contributed by atoms with E-state index in [0.29, 0.717) is 38.3 Å². The van der Waals surface area contributed by atoms with E-state index in [1.165, 1.54) is 29.0 Å². The van der Waals surface area contributed by atoms with Crippen LogP contribution in [0.15, 0.2) is 105 Å². The van der Waals surface area contributed by atoms with Crippen LogP contribution < -0.4 is 19.6 Å². The van der Waals surface area contributed by atoms with Crippen LogP contribution in [0.25, 0.3) is 17.0 Å².